The molecule has 8 nitrogen and oxygen atoms in total. The van der Waals surface area contributed by atoms with Gasteiger partial charge in [0.1, 0.15) is 0 Å². The topological polar surface area (TPSA) is 108 Å². The summed E-state index contributed by atoms with van der Waals surface area (Å²) in [5.41, 5.74) is 2.75. The minimum absolute atomic E-state index is 0.0843. The number of hydrogen-bond donors (Lipinski definition) is 2. The van der Waals surface area contributed by atoms with Crippen LogP contribution in [0.25, 0.3) is 0 Å². The van der Waals surface area contributed by atoms with Gasteiger partial charge in [0.15, 0.2) is 11.5 Å². The SMILES string of the molecule is CCOc1cccc(/C=N\NC(=O)CN(C2CCCCC2)S(=O)(=O)c2ccc(Br)cc2)c1O. The fraction of sp³-hybridized carbons (Fsp3) is 0.391. The zero-order valence-corrected chi connectivity index (χ0v) is 20.8. The Kier molecular flexibility index (Phi) is 8.87. The van der Waals surface area contributed by atoms with Crippen molar-refractivity contribution in [1.82, 2.24) is 9.73 Å². The fourth-order valence-electron chi connectivity index (χ4n) is 3.79. The molecule has 33 heavy (non-hydrogen) atoms. The molecule has 1 amide bonds. The van der Waals surface area contributed by atoms with Gasteiger partial charge in [-0.1, -0.05) is 41.3 Å². The van der Waals surface area contributed by atoms with Crippen molar-refractivity contribution in [3.05, 3.63) is 52.5 Å². The van der Waals surface area contributed by atoms with Crippen molar-refractivity contribution < 1.29 is 23.1 Å². The van der Waals surface area contributed by atoms with Gasteiger partial charge in [0, 0.05) is 16.1 Å². The number of carbonyl (C=O) groups excluding carboxylic acids is 1. The molecule has 0 atom stereocenters. The lowest BCUT2D eigenvalue weighted by molar-refractivity contribution is -0.121. The smallest absolute Gasteiger partial charge is 0.255 e. The maximum absolute atomic E-state index is 13.4. The van der Waals surface area contributed by atoms with Crippen molar-refractivity contribution in [3.8, 4) is 11.5 Å². The molecule has 0 heterocycles. The van der Waals surface area contributed by atoms with E-state index in [1.54, 1.807) is 37.3 Å². The zero-order chi connectivity index (χ0) is 23.8. The third-order valence-electron chi connectivity index (χ3n) is 5.42. The molecule has 178 valence electrons. The van der Waals surface area contributed by atoms with Crippen molar-refractivity contribution >= 4 is 38.1 Å². The van der Waals surface area contributed by atoms with Crippen LogP contribution in [0.2, 0.25) is 0 Å². The number of hydrogen-bond acceptors (Lipinski definition) is 6. The van der Waals surface area contributed by atoms with E-state index in [1.807, 2.05) is 0 Å². The maximum Gasteiger partial charge on any atom is 0.255 e. The van der Waals surface area contributed by atoms with E-state index in [0.29, 0.717) is 30.8 Å². The predicted octanol–water partition coefficient (Wildman–Crippen LogP) is 4.03. The first-order chi connectivity index (χ1) is 15.8. The van der Waals surface area contributed by atoms with E-state index in [-0.39, 0.29) is 23.2 Å². The highest BCUT2D eigenvalue weighted by Gasteiger charge is 2.33. The van der Waals surface area contributed by atoms with Gasteiger partial charge in [0.2, 0.25) is 10.0 Å². The van der Waals surface area contributed by atoms with Gasteiger partial charge in [0.25, 0.3) is 5.91 Å². The van der Waals surface area contributed by atoms with Crippen LogP contribution in [0.1, 0.15) is 44.6 Å². The number of sulfonamides is 1. The molecule has 3 rings (SSSR count). The molecule has 1 aliphatic carbocycles. The number of rotatable bonds is 9. The Morgan fingerprint density at radius 1 is 1.21 bits per heavy atom. The lowest BCUT2D eigenvalue weighted by Gasteiger charge is -2.32. The minimum atomic E-state index is -3.87. The molecular weight excluding hydrogens is 510 g/mol. The number of amides is 1. The lowest BCUT2D eigenvalue weighted by Crippen LogP contribution is -2.46. The second-order valence-electron chi connectivity index (χ2n) is 7.72. The standard InChI is InChI=1S/C23H28BrN3O5S/c1-2-32-21-10-6-7-17(23(21)29)15-25-26-22(28)16-27(19-8-4-3-5-9-19)33(30,31)20-13-11-18(24)12-14-20/h6-7,10-15,19,29H,2-5,8-9,16H2,1H3,(H,26,28)/b25-15-. The number of aromatic hydroxyl groups is 1. The summed E-state index contributed by atoms with van der Waals surface area (Å²) in [4.78, 5) is 12.8. The Balaban J connectivity index is 1.75. The van der Waals surface area contributed by atoms with Gasteiger partial charge in [-0.05, 0) is 56.2 Å². The van der Waals surface area contributed by atoms with Crippen molar-refractivity contribution in [2.75, 3.05) is 13.2 Å². The van der Waals surface area contributed by atoms with Crippen LogP contribution in [0.3, 0.4) is 0 Å². The molecule has 0 bridgehead atoms. The van der Waals surface area contributed by atoms with Crippen LogP contribution in [0.5, 0.6) is 11.5 Å². The summed E-state index contributed by atoms with van der Waals surface area (Å²) in [5, 5.41) is 14.1. The number of nitrogens with zero attached hydrogens (tertiary/aromatic N) is 2. The average Bonchev–Trinajstić information content (AvgIpc) is 2.81. The highest BCUT2D eigenvalue weighted by Crippen LogP contribution is 2.29. The number of para-hydroxylation sites is 1. The van der Waals surface area contributed by atoms with Gasteiger partial charge in [-0.3, -0.25) is 4.79 Å². The van der Waals surface area contributed by atoms with Crippen molar-refractivity contribution in [3.63, 3.8) is 0 Å². The van der Waals surface area contributed by atoms with E-state index in [9.17, 15) is 18.3 Å². The molecule has 0 saturated heterocycles. The quantitative estimate of drug-likeness (QED) is 0.370. The van der Waals surface area contributed by atoms with Crippen molar-refractivity contribution in [2.45, 2.75) is 50.0 Å². The molecule has 0 unspecified atom stereocenters. The minimum Gasteiger partial charge on any atom is -0.504 e. The first-order valence-electron chi connectivity index (χ1n) is 10.9. The van der Waals surface area contributed by atoms with Crippen LogP contribution in [0, 0.1) is 0 Å². The third-order valence-corrected chi connectivity index (χ3v) is 7.87. The molecule has 0 aromatic heterocycles. The summed E-state index contributed by atoms with van der Waals surface area (Å²) in [5.74, 6) is -0.325. The van der Waals surface area contributed by atoms with Crippen molar-refractivity contribution in [2.24, 2.45) is 5.10 Å². The molecule has 2 aromatic carbocycles. The van der Waals surface area contributed by atoms with E-state index >= 15 is 0 Å². The van der Waals surface area contributed by atoms with Gasteiger partial charge in [-0.2, -0.15) is 9.41 Å². The average molecular weight is 538 g/mol. The Hall–Kier alpha value is -2.43. The number of halogens is 1. The summed E-state index contributed by atoms with van der Waals surface area (Å²) in [6.45, 7) is 1.86. The van der Waals surface area contributed by atoms with Gasteiger partial charge < -0.3 is 9.84 Å². The van der Waals surface area contributed by atoms with Crippen LogP contribution in [0.15, 0.2) is 56.9 Å². The molecule has 1 fully saturated rings. The van der Waals surface area contributed by atoms with Crippen molar-refractivity contribution in [1.29, 1.82) is 0 Å². The molecule has 1 saturated carbocycles. The number of phenolic OH excluding ortho intramolecular Hbond substituents is 1. The monoisotopic (exact) mass is 537 g/mol. The number of ether oxygens (including phenoxy) is 1. The Morgan fingerprint density at radius 2 is 1.91 bits per heavy atom. The number of hydrazone groups is 1. The highest BCUT2D eigenvalue weighted by molar-refractivity contribution is 9.10. The molecule has 0 spiro atoms. The third kappa shape index (κ3) is 6.55. The molecule has 2 N–H and O–H groups in total. The lowest BCUT2D eigenvalue weighted by atomic mass is 9.95. The van der Waals surface area contributed by atoms with Gasteiger partial charge in [0.05, 0.1) is 24.3 Å². The number of carbonyl (C=O) groups is 1. The van der Waals surface area contributed by atoms with E-state index in [4.69, 9.17) is 4.74 Å². The molecule has 1 aliphatic rings. The summed E-state index contributed by atoms with van der Waals surface area (Å²) in [7, 11) is -3.87. The van der Waals surface area contributed by atoms with E-state index in [1.165, 1.54) is 22.7 Å². The summed E-state index contributed by atoms with van der Waals surface area (Å²) in [6.07, 6.45) is 5.63. The van der Waals surface area contributed by atoms with Crippen LogP contribution >= 0.6 is 15.9 Å². The number of nitrogens with one attached hydrogen (secondary N) is 1. The normalized spacial score (nSPS) is 15.1. The highest BCUT2D eigenvalue weighted by atomic mass is 79.9. The van der Waals surface area contributed by atoms with Crippen LogP contribution < -0.4 is 10.2 Å². The molecule has 10 heteroatoms. The molecular formula is C23H28BrN3O5S. The van der Waals surface area contributed by atoms with Crippen LogP contribution in [-0.2, 0) is 14.8 Å². The molecule has 2 aromatic rings. The maximum atomic E-state index is 13.4. The Labute approximate surface area is 202 Å². The Morgan fingerprint density at radius 3 is 2.58 bits per heavy atom. The fourth-order valence-corrected chi connectivity index (χ4v) is 5.69. The second kappa shape index (κ2) is 11.6. The molecule has 0 radical (unpaired) electrons. The summed E-state index contributed by atoms with van der Waals surface area (Å²) >= 11 is 3.32. The van der Waals surface area contributed by atoms with Gasteiger partial charge >= 0.3 is 0 Å². The zero-order valence-electron chi connectivity index (χ0n) is 18.4. The predicted molar refractivity (Wildman–Crippen MR) is 130 cm³/mol. The number of phenols is 1. The van der Waals surface area contributed by atoms with Gasteiger partial charge in [-0.25, -0.2) is 13.8 Å². The first kappa shape index (κ1) is 25.2. The largest absolute Gasteiger partial charge is 0.504 e. The molecule has 0 aliphatic heterocycles. The van der Waals surface area contributed by atoms with Crippen LogP contribution in [-0.4, -0.2) is 49.1 Å². The second-order valence-corrected chi connectivity index (χ2v) is 10.5. The Bertz CT molecular complexity index is 1080. The van der Waals surface area contributed by atoms with Gasteiger partial charge in [-0.15, -0.1) is 0 Å². The number of benzene rings is 2. The summed E-state index contributed by atoms with van der Waals surface area (Å²) in [6, 6.07) is 11.1. The van der Waals surface area contributed by atoms with E-state index < -0.39 is 15.9 Å². The first-order valence-corrected chi connectivity index (χ1v) is 13.1. The van der Waals surface area contributed by atoms with Crippen LogP contribution in [0.4, 0.5) is 0 Å². The summed E-state index contributed by atoms with van der Waals surface area (Å²) < 4.78 is 34.1. The van der Waals surface area contributed by atoms with E-state index in [2.05, 4.69) is 26.5 Å². The van der Waals surface area contributed by atoms with E-state index in [0.717, 1.165) is 23.7 Å².